The number of aromatic hydroxyl groups is 1. The van der Waals surface area contributed by atoms with Crippen LogP contribution in [-0.4, -0.2) is 33.0 Å². The first kappa shape index (κ1) is 10.1. The van der Waals surface area contributed by atoms with Gasteiger partial charge in [0.15, 0.2) is 5.82 Å². The maximum absolute atomic E-state index is 9.22. The number of nitrogens with zero attached hydrogens (tertiary/aromatic N) is 3. The molecule has 1 aliphatic heterocycles. The Morgan fingerprint density at radius 1 is 1.22 bits per heavy atom. The molecule has 0 radical (unpaired) electrons. The molecule has 2 aliphatic rings. The van der Waals surface area contributed by atoms with Gasteiger partial charge in [-0.3, -0.25) is 0 Å². The highest BCUT2D eigenvalue weighted by atomic mass is 16.3. The van der Waals surface area contributed by atoms with Gasteiger partial charge in [0.1, 0.15) is 5.75 Å². The van der Waals surface area contributed by atoms with Gasteiger partial charge in [-0.1, -0.05) is 0 Å². The fourth-order valence-corrected chi connectivity index (χ4v) is 3.01. The average Bonchev–Trinajstić information content (AvgIpc) is 2.83. The van der Waals surface area contributed by atoms with Gasteiger partial charge in [0.25, 0.3) is 0 Å². The van der Waals surface area contributed by atoms with Crippen molar-refractivity contribution in [1.29, 1.82) is 0 Å². The molecule has 2 aromatic heterocycles. The van der Waals surface area contributed by atoms with Gasteiger partial charge in [-0.25, -0.2) is 9.67 Å². The van der Waals surface area contributed by atoms with Crippen LogP contribution in [0.25, 0.3) is 5.82 Å². The average molecular weight is 242 g/mol. The fraction of sp³-hybridized carbons (Fsp3) is 0.385. The Morgan fingerprint density at radius 2 is 2.06 bits per heavy atom. The van der Waals surface area contributed by atoms with E-state index in [1.165, 1.54) is 11.9 Å². The molecule has 0 bridgehead atoms. The van der Waals surface area contributed by atoms with E-state index in [-0.39, 0.29) is 5.75 Å². The number of pyridine rings is 1. The molecular weight excluding hydrogens is 228 g/mol. The summed E-state index contributed by atoms with van der Waals surface area (Å²) in [4.78, 5) is 4.15. The van der Waals surface area contributed by atoms with E-state index < -0.39 is 0 Å². The molecule has 18 heavy (non-hydrogen) atoms. The predicted octanol–water partition coefficient (Wildman–Crippen LogP) is 0.906. The summed E-state index contributed by atoms with van der Waals surface area (Å²) in [6.07, 6.45) is 3.38. The van der Waals surface area contributed by atoms with E-state index in [9.17, 15) is 5.11 Å². The predicted molar refractivity (Wildman–Crippen MR) is 65.6 cm³/mol. The van der Waals surface area contributed by atoms with E-state index in [1.807, 2.05) is 6.20 Å². The van der Waals surface area contributed by atoms with Crippen LogP contribution in [0.5, 0.6) is 5.75 Å². The number of rotatable bonds is 2. The number of aromatic nitrogens is 3. The Kier molecular flexibility index (Phi) is 1.99. The summed E-state index contributed by atoms with van der Waals surface area (Å²) in [6.45, 7) is 2.25. The zero-order valence-electron chi connectivity index (χ0n) is 9.82. The van der Waals surface area contributed by atoms with E-state index in [2.05, 4.69) is 21.5 Å². The summed E-state index contributed by atoms with van der Waals surface area (Å²) < 4.78 is 1.77. The number of nitrogens with one attached hydrogen (secondary N) is 1. The van der Waals surface area contributed by atoms with Crippen LogP contribution in [0.3, 0.4) is 0 Å². The lowest BCUT2D eigenvalue weighted by Gasteiger charge is -2.01. The third-order valence-electron chi connectivity index (χ3n) is 4.01. The van der Waals surface area contributed by atoms with Crippen molar-refractivity contribution < 1.29 is 5.11 Å². The second-order valence-corrected chi connectivity index (χ2v) is 5.07. The van der Waals surface area contributed by atoms with Crippen molar-refractivity contribution in [3.63, 3.8) is 0 Å². The first-order valence-corrected chi connectivity index (χ1v) is 6.24. The van der Waals surface area contributed by atoms with Crippen molar-refractivity contribution in [1.82, 2.24) is 20.1 Å². The van der Waals surface area contributed by atoms with Crippen LogP contribution in [-0.2, 0) is 0 Å². The Labute approximate surface area is 104 Å². The van der Waals surface area contributed by atoms with Crippen LogP contribution in [0.4, 0.5) is 0 Å². The molecule has 1 aliphatic carbocycles. The van der Waals surface area contributed by atoms with Crippen molar-refractivity contribution in [3.05, 3.63) is 36.3 Å². The van der Waals surface area contributed by atoms with Crippen LogP contribution >= 0.6 is 0 Å². The minimum Gasteiger partial charge on any atom is -0.506 e. The molecule has 2 fully saturated rings. The molecule has 2 aromatic rings. The first-order chi connectivity index (χ1) is 8.83. The lowest BCUT2D eigenvalue weighted by molar-refractivity contribution is 0.472. The number of piperidine rings is 1. The van der Waals surface area contributed by atoms with E-state index in [4.69, 9.17) is 0 Å². The first-order valence-electron chi connectivity index (χ1n) is 6.24. The van der Waals surface area contributed by atoms with Crippen molar-refractivity contribution in [2.24, 2.45) is 11.8 Å². The summed E-state index contributed by atoms with van der Waals surface area (Å²) >= 11 is 0. The van der Waals surface area contributed by atoms with Gasteiger partial charge in [0, 0.05) is 12.1 Å². The minimum absolute atomic E-state index is 0.175. The maximum Gasteiger partial charge on any atom is 0.153 e. The molecule has 2 N–H and O–H groups in total. The third-order valence-corrected chi connectivity index (χ3v) is 4.01. The Bertz CT molecular complexity index is 567. The van der Waals surface area contributed by atoms with Gasteiger partial charge < -0.3 is 10.4 Å². The molecule has 3 heterocycles. The number of hydrogen-bond acceptors (Lipinski definition) is 4. The fourth-order valence-electron chi connectivity index (χ4n) is 3.01. The van der Waals surface area contributed by atoms with E-state index in [0.717, 1.165) is 30.7 Å². The van der Waals surface area contributed by atoms with Crippen LogP contribution < -0.4 is 5.32 Å². The lowest BCUT2D eigenvalue weighted by Crippen LogP contribution is -2.14. The SMILES string of the molecule is Oc1ccc(-n2ccc(C3C4CNCC43)n2)nc1. The second-order valence-electron chi connectivity index (χ2n) is 5.07. The molecule has 1 saturated carbocycles. The molecule has 92 valence electrons. The highest BCUT2D eigenvalue weighted by Gasteiger charge is 2.54. The number of hydrogen-bond donors (Lipinski definition) is 2. The van der Waals surface area contributed by atoms with Gasteiger partial charge in [-0.2, -0.15) is 5.10 Å². The second kappa shape index (κ2) is 3.55. The van der Waals surface area contributed by atoms with Gasteiger partial charge in [-0.15, -0.1) is 0 Å². The number of fused-ring (bicyclic) bond motifs is 1. The molecule has 5 heteroatoms. The van der Waals surface area contributed by atoms with Gasteiger partial charge in [0.2, 0.25) is 0 Å². The molecule has 4 rings (SSSR count). The summed E-state index contributed by atoms with van der Waals surface area (Å²) in [5.41, 5.74) is 1.17. The molecule has 0 amide bonds. The van der Waals surface area contributed by atoms with Crippen molar-refractivity contribution in [2.75, 3.05) is 13.1 Å². The standard InChI is InChI=1S/C13H14N4O/c18-8-1-2-12(15-5-8)17-4-3-11(16-17)13-9-6-14-7-10(9)13/h1-5,9-10,13-14,18H,6-7H2. The van der Waals surface area contributed by atoms with Crippen molar-refractivity contribution in [2.45, 2.75) is 5.92 Å². The Morgan fingerprint density at radius 3 is 2.78 bits per heavy atom. The normalized spacial score (nSPS) is 29.2. The van der Waals surface area contributed by atoms with Crippen LogP contribution in [0.15, 0.2) is 30.6 Å². The van der Waals surface area contributed by atoms with Crippen molar-refractivity contribution >= 4 is 0 Å². The van der Waals surface area contributed by atoms with Gasteiger partial charge in [-0.05, 0) is 43.1 Å². The third kappa shape index (κ3) is 1.44. The summed E-state index contributed by atoms with van der Waals surface area (Å²) in [6, 6.07) is 5.47. The highest BCUT2D eigenvalue weighted by Crippen LogP contribution is 2.55. The quantitative estimate of drug-likeness (QED) is 0.821. The van der Waals surface area contributed by atoms with E-state index in [0.29, 0.717) is 5.92 Å². The Balaban J connectivity index is 1.60. The van der Waals surface area contributed by atoms with E-state index in [1.54, 1.807) is 16.8 Å². The summed E-state index contributed by atoms with van der Waals surface area (Å²) in [5.74, 6) is 3.10. The van der Waals surface area contributed by atoms with Crippen LogP contribution in [0, 0.1) is 11.8 Å². The van der Waals surface area contributed by atoms with Gasteiger partial charge >= 0.3 is 0 Å². The molecule has 2 atom stereocenters. The summed E-state index contributed by atoms with van der Waals surface area (Å²) in [5, 5.41) is 17.2. The molecule has 2 unspecified atom stereocenters. The van der Waals surface area contributed by atoms with Crippen LogP contribution in [0.2, 0.25) is 0 Å². The molecule has 1 saturated heterocycles. The lowest BCUT2D eigenvalue weighted by atomic mass is 10.2. The minimum atomic E-state index is 0.175. The smallest absolute Gasteiger partial charge is 0.153 e. The summed E-state index contributed by atoms with van der Waals surface area (Å²) in [7, 11) is 0. The molecule has 5 nitrogen and oxygen atoms in total. The monoisotopic (exact) mass is 242 g/mol. The molecule has 0 aromatic carbocycles. The zero-order valence-corrected chi connectivity index (χ0v) is 9.82. The van der Waals surface area contributed by atoms with E-state index >= 15 is 0 Å². The zero-order chi connectivity index (χ0) is 12.1. The van der Waals surface area contributed by atoms with Gasteiger partial charge in [0.05, 0.1) is 11.9 Å². The maximum atomic E-state index is 9.22. The molecule has 0 spiro atoms. The highest BCUT2D eigenvalue weighted by molar-refractivity contribution is 5.30. The van der Waals surface area contributed by atoms with Crippen molar-refractivity contribution in [3.8, 4) is 11.6 Å². The molecular formula is C13H14N4O. The Hall–Kier alpha value is -1.88. The topological polar surface area (TPSA) is 63.0 Å². The van der Waals surface area contributed by atoms with Crippen LogP contribution in [0.1, 0.15) is 11.6 Å². The largest absolute Gasteiger partial charge is 0.506 e.